The Bertz CT molecular complexity index is 417. The molecule has 2 rings (SSSR count). The molecule has 1 aromatic heterocycles. The first-order valence-corrected chi connectivity index (χ1v) is 3.61. The van der Waals surface area contributed by atoms with Crippen molar-refractivity contribution >= 4 is 17.2 Å². The number of nitrogens with zero attached hydrogens (tertiary/aromatic N) is 1. The summed E-state index contributed by atoms with van der Waals surface area (Å²) < 4.78 is 5.25. The average molecular weight is 160 g/mol. The van der Waals surface area contributed by atoms with Crippen molar-refractivity contribution in [2.45, 2.75) is 0 Å². The van der Waals surface area contributed by atoms with Crippen LogP contribution in [0.1, 0.15) is 5.56 Å². The van der Waals surface area contributed by atoms with Crippen LogP contribution < -0.4 is 5.84 Å². The Balaban J connectivity index is 2.70. The number of nitrogens with two attached hydrogens (primary N) is 1. The summed E-state index contributed by atoms with van der Waals surface area (Å²) in [5.41, 5.74) is 1.76. The van der Waals surface area contributed by atoms with Crippen molar-refractivity contribution in [3.8, 4) is 0 Å². The third kappa shape index (κ3) is 0.955. The third-order valence-corrected chi connectivity index (χ3v) is 1.72. The summed E-state index contributed by atoms with van der Waals surface area (Å²) in [5.74, 6) is 5.04. The van der Waals surface area contributed by atoms with Crippen molar-refractivity contribution in [1.29, 1.82) is 0 Å². The van der Waals surface area contributed by atoms with Gasteiger partial charge in [-0.15, -0.1) is 0 Å². The lowest BCUT2D eigenvalue weighted by molar-refractivity contribution is 0.615. The first-order valence-electron chi connectivity index (χ1n) is 3.61. The summed E-state index contributed by atoms with van der Waals surface area (Å²) in [4.78, 5) is 0. The van der Waals surface area contributed by atoms with E-state index in [0.29, 0.717) is 0 Å². The van der Waals surface area contributed by atoms with E-state index in [1.165, 1.54) is 0 Å². The molecule has 3 nitrogen and oxygen atoms in total. The van der Waals surface area contributed by atoms with Crippen molar-refractivity contribution < 1.29 is 4.42 Å². The van der Waals surface area contributed by atoms with Gasteiger partial charge >= 0.3 is 0 Å². The Morgan fingerprint density at radius 1 is 1.33 bits per heavy atom. The van der Waals surface area contributed by atoms with Crippen LogP contribution in [0.5, 0.6) is 0 Å². The number of hydrogen-bond acceptors (Lipinski definition) is 3. The van der Waals surface area contributed by atoms with Crippen LogP contribution in [0.2, 0.25) is 0 Å². The summed E-state index contributed by atoms with van der Waals surface area (Å²) in [7, 11) is 0. The molecule has 0 spiro atoms. The van der Waals surface area contributed by atoms with Crippen LogP contribution in [0, 0.1) is 0 Å². The van der Waals surface area contributed by atoms with Gasteiger partial charge in [-0.2, -0.15) is 5.10 Å². The Morgan fingerprint density at radius 3 is 3.00 bits per heavy atom. The Kier molecular flexibility index (Phi) is 1.55. The molecule has 2 N–H and O–H groups in total. The maximum atomic E-state index is 5.25. The monoisotopic (exact) mass is 160 g/mol. The molecule has 0 aliphatic heterocycles. The second-order valence-electron chi connectivity index (χ2n) is 2.47. The van der Waals surface area contributed by atoms with Gasteiger partial charge in [0.05, 0.1) is 6.21 Å². The fraction of sp³-hybridized carbons (Fsp3) is 0. The lowest BCUT2D eigenvalue weighted by Crippen LogP contribution is -1.83. The van der Waals surface area contributed by atoms with E-state index in [1.54, 1.807) is 12.5 Å². The average Bonchev–Trinajstić information content (AvgIpc) is 2.50. The van der Waals surface area contributed by atoms with Gasteiger partial charge in [0.15, 0.2) is 0 Å². The number of para-hydroxylation sites is 1. The molecule has 60 valence electrons. The standard InChI is InChI=1S/C9H8N2O/c10-11-5-7-6-12-9-4-2-1-3-8(7)9/h1-6H,10H2. The zero-order valence-electron chi connectivity index (χ0n) is 6.40. The Hall–Kier alpha value is -1.77. The molecular formula is C9H8N2O. The first-order chi connectivity index (χ1) is 5.92. The van der Waals surface area contributed by atoms with Crippen molar-refractivity contribution in [2.24, 2.45) is 10.9 Å². The maximum absolute atomic E-state index is 5.25. The number of furan rings is 1. The van der Waals surface area contributed by atoms with Gasteiger partial charge in [0, 0.05) is 10.9 Å². The molecular weight excluding hydrogens is 152 g/mol. The van der Waals surface area contributed by atoms with E-state index in [0.717, 1.165) is 16.5 Å². The molecule has 0 amide bonds. The van der Waals surface area contributed by atoms with Gasteiger partial charge in [-0.3, -0.25) is 0 Å². The fourth-order valence-corrected chi connectivity index (χ4v) is 1.18. The fourth-order valence-electron chi connectivity index (χ4n) is 1.18. The molecule has 0 saturated heterocycles. The van der Waals surface area contributed by atoms with E-state index >= 15 is 0 Å². The Labute approximate surface area is 69.5 Å². The molecule has 0 unspecified atom stereocenters. The predicted octanol–water partition coefficient (Wildman–Crippen LogP) is 1.73. The number of hydrazone groups is 1. The summed E-state index contributed by atoms with van der Waals surface area (Å²) >= 11 is 0. The van der Waals surface area contributed by atoms with Gasteiger partial charge in [-0.1, -0.05) is 18.2 Å². The van der Waals surface area contributed by atoms with Crippen LogP contribution in [0.4, 0.5) is 0 Å². The van der Waals surface area contributed by atoms with Gasteiger partial charge in [0.25, 0.3) is 0 Å². The van der Waals surface area contributed by atoms with E-state index in [-0.39, 0.29) is 0 Å². The van der Waals surface area contributed by atoms with Crippen molar-refractivity contribution in [2.75, 3.05) is 0 Å². The van der Waals surface area contributed by atoms with Crippen LogP contribution in [0.15, 0.2) is 40.0 Å². The molecule has 2 aromatic rings. The molecule has 3 heteroatoms. The largest absolute Gasteiger partial charge is 0.464 e. The molecule has 0 aliphatic rings. The van der Waals surface area contributed by atoms with Gasteiger partial charge in [-0.05, 0) is 6.07 Å². The molecule has 0 fully saturated rings. The minimum Gasteiger partial charge on any atom is -0.464 e. The van der Waals surface area contributed by atoms with Crippen LogP contribution in [0.25, 0.3) is 11.0 Å². The summed E-state index contributed by atoms with van der Waals surface area (Å²) in [5, 5.41) is 4.48. The normalized spacial score (nSPS) is 11.3. The first kappa shape index (κ1) is 6.91. The van der Waals surface area contributed by atoms with Crippen LogP contribution in [-0.4, -0.2) is 6.21 Å². The van der Waals surface area contributed by atoms with Crippen LogP contribution >= 0.6 is 0 Å². The van der Waals surface area contributed by atoms with Gasteiger partial charge in [-0.25, -0.2) is 0 Å². The second kappa shape index (κ2) is 2.70. The quantitative estimate of drug-likeness (QED) is 0.392. The smallest absolute Gasteiger partial charge is 0.134 e. The lowest BCUT2D eigenvalue weighted by Gasteiger charge is -1.86. The molecule has 0 radical (unpaired) electrons. The molecule has 12 heavy (non-hydrogen) atoms. The predicted molar refractivity (Wildman–Crippen MR) is 48.0 cm³/mol. The van der Waals surface area contributed by atoms with E-state index < -0.39 is 0 Å². The van der Waals surface area contributed by atoms with Gasteiger partial charge in [0.1, 0.15) is 11.8 Å². The minimum atomic E-state index is 0.854. The highest BCUT2D eigenvalue weighted by Crippen LogP contribution is 2.18. The van der Waals surface area contributed by atoms with Crippen LogP contribution in [0.3, 0.4) is 0 Å². The molecule has 1 heterocycles. The van der Waals surface area contributed by atoms with E-state index in [1.807, 2.05) is 24.3 Å². The highest BCUT2D eigenvalue weighted by Gasteiger charge is 2.00. The summed E-state index contributed by atoms with van der Waals surface area (Å²) in [6.07, 6.45) is 3.22. The van der Waals surface area contributed by atoms with Crippen molar-refractivity contribution in [3.63, 3.8) is 0 Å². The number of benzene rings is 1. The second-order valence-corrected chi connectivity index (χ2v) is 2.47. The SMILES string of the molecule is NN=Cc1coc2ccccc12. The van der Waals surface area contributed by atoms with E-state index in [2.05, 4.69) is 5.10 Å². The van der Waals surface area contributed by atoms with Gasteiger partial charge in [0.2, 0.25) is 0 Å². The van der Waals surface area contributed by atoms with Crippen molar-refractivity contribution in [3.05, 3.63) is 36.1 Å². The topological polar surface area (TPSA) is 51.5 Å². The highest BCUT2D eigenvalue weighted by molar-refractivity contribution is 5.97. The maximum Gasteiger partial charge on any atom is 0.134 e. The van der Waals surface area contributed by atoms with Crippen molar-refractivity contribution in [1.82, 2.24) is 0 Å². The van der Waals surface area contributed by atoms with Crippen LogP contribution in [-0.2, 0) is 0 Å². The highest BCUT2D eigenvalue weighted by atomic mass is 16.3. The molecule has 0 saturated carbocycles. The zero-order chi connectivity index (χ0) is 8.39. The Morgan fingerprint density at radius 2 is 2.17 bits per heavy atom. The molecule has 0 atom stereocenters. The zero-order valence-corrected chi connectivity index (χ0v) is 6.40. The minimum absolute atomic E-state index is 0.854. The van der Waals surface area contributed by atoms with E-state index in [9.17, 15) is 0 Å². The van der Waals surface area contributed by atoms with E-state index in [4.69, 9.17) is 10.3 Å². The summed E-state index contributed by atoms with van der Waals surface area (Å²) in [6.45, 7) is 0. The number of rotatable bonds is 1. The van der Waals surface area contributed by atoms with Gasteiger partial charge < -0.3 is 10.3 Å². The number of hydrogen-bond donors (Lipinski definition) is 1. The molecule has 0 bridgehead atoms. The lowest BCUT2D eigenvalue weighted by atomic mass is 10.2. The molecule has 1 aromatic carbocycles. The summed E-state index contributed by atoms with van der Waals surface area (Å²) in [6, 6.07) is 7.75. The molecule has 0 aliphatic carbocycles. The third-order valence-electron chi connectivity index (χ3n) is 1.72. The number of fused-ring (bicyclic) bond motifs is 1.